The summed E-state index contributed by atoms with van der Waals surface area (Å²) in [6.45, 7) is 2.07. The molecular weight excluding hydrogens is 380 g/mol. The molecule has 4 rings (SSSR count). The maximum atomic E-state index is 12.7. The standard InChI is InChI=1S/C20H19ClN4O3/c21-14-4-3-5-15(12-14)23-8-10-24(11-9-23)18(26)13-25-19(27)16-6-1-2-7-17(16)22-20(25)28/h1-7,12,16H,8-11,13H2. The number of benzene rings is 1. The molecule has 0 N–H and O–H groups in total. The summed E-state index contributed by atoms with van der Waals surface area (Å²) in [5, 5.41) is 0.671. The molecule has 144 valence electrons. The number of rotatable bonds is 3. The van der Waals surface area contributed by atoms with Gasteiger partial charge in [0.05, 0.1) is 11.6 Å². The number of halogens is 1. The molecule has 1 atom stereocenters. The van der Waals surface area contributed by atoms with Crippen LogP contribution in [0.2, 0.25) is 5.02 Å². The van der Waals surface area contributed by atoms with Crippen LogP contribution in [0.25, 0.3) is 0 Å². The molecule has 3 aliphatic rings. The molecule has 1 unspecified atom stereocenters. The lowest BCUT2D eigenvalue weighted by atomic mass is 9.95. The van der Waals surface area contributed by atoms with Crippen molar-refractivity contribution >= 4 is 40.8 Å². The number of nitrogens with zero attached hydrogens (tertiary/aromatic N) is 4. The Kier molecular flexibility index (Phi) is 5.00. The third-order valence-electron chi connectivity index (χ3n) is 5.09. The van der Waals surface area contributed by atoms with Crippen molar-refractivity contribution < 1.29 is 14.4 Å². The van der Waals surface area contributed by atoms with Crippen molar-refractivity contribution in [3.63, 3.8) is 0 Å². The van der Waals surface area contributed by atoms with Crippen molar-refractivity contribution in [2.75, 3.05) is 37.6 Å². The largest absolute Gasteiger partial charge is 0.368 e. The Morgan fingerprint density at radius 2 is 1.93 bits per heavy atom. The highest BCUT2D eigenvalue weighted by Crippen LogP contribution is 2.22. The van der Waals surface area contributed by atoms with Gasteiger partial charge in [-0.25, -0.2) is 4.79 Å². The second-order valence-corrected chi connectivity index (χ2v) is 7.25. The first-order valence-electron chi connectivity index (χ1n) is 9.10. The number of fused-ring (bicyclic) bond motifs is 1. The predicted molar refractivity (Wildman–Crippen MR) is 107 cm³/mol. The fraction of sp³-hybridized carbons (Fsp3) is 0.300. The monoisotopic (exact) mass is 398 g/mol. The average Bonchev–Trinajstić information content (AvgIpc) is 2.71. The SMILES string of the molecule is O=C(CN1C(=O)N=C2C=CC=CC2C1=O)N1CCN(c2cccc(Cl)c2)CC1. The van der Waals surface area contributed by atoms with Crippen molar-refractivity contribution in [3.8, 4) is 0 Å². The molecule has 8 heteroatoms. The lowest BCUT2D eigenvalue weighted by Gasteiger charge is -2.37. The molecule has 4 amide bonds. The molecule has 1 fully saturated rings. The van der Waals surface area contributed by atoms with E-state index in [0.29, 0.717) is 36.9 Å². The summed E-state index contributed by atoms with van der Waals surface area (Å²) < 4.78 is 0. The molecule has 0 saturated carbocycles. The molecule has 7 nitrogen and oxygen atoms in total. The summed E-state index contributed by atoms with van der Waals surface area (Å²) in [5.41, 5.74) is 1.44. The number of hydrogen-bond acceptors (Lipinski definition) is 4. The van der Waals surface area contributed by atoms with Crippen molar-refractivity contribution in [1.82, 2.24) is 9.80 Å². The highest BCUT2D eigenvalue weighted by molar-refractivity contribution is 6.30. The molecule has 28 heavy (non-hydrogen) atoms. The summed E-state index contributed by atoms with van der Waals surface area (Å²) in [4.78, 5) is 46.2. The van der Waals surface area contributed by atoms with E-state index in [0.717, 1.165) is 10.6 Å². The van der Waals surface area contributed by atoms with Gasteiger partial charge in [-0.1, -0.05) is 35.9 Å². The molecule has 1 aliphatic carbocycles. The van der Waals surface area contributed by atoms with E-state index in [2.05, 4.69) is 9.89 Å². The molecule has 1 aromatic carbocycles. The molecule has 0 aromatic heterocycles. The van der Waals surface area contributed by atoms with Gasteiger partial charge in [0, 0.05) is 36.9 Å². The van der Waals surface area contributed by atoms with Crippen LogP contribution in [0, 0.1) is 5.92 Å². The third kappa shape index (κ3) is 3.57. The quantitative estimate of drug-likeness (QED) is 0.781. The minimum atomic E-state index is -0.679. The highest BCUT2D eigenvalue weighted by Gasteiger charge is 2.37. The van der Waals surface area contributed by atoms with Crippen LogP contribution in [0.3, 0.4) is 0 Å². The summed E-state index contributed by atoms with van der Waals surface area (Å²) in [6, 6.07) is 6.92. The van der Waals surface area contributed by atoms with Gasteiger partial charge in [-0.15, -0.1) is 0 Å². The Morgan fingerprint density at radius 1 is 1.14 bits per heavy atom. The molecule has 2 aliphatic heterocycles. The fourth-order valence-corrected chi connectivity index (χ4v) is 3.73. The molecule has 1 saturated heterocycles. The minimum Gasteiger partial charge on any atom is -0.368 e. The van der Waals surface area contributed by atoms with Crippen LogP contribution in [0.5, 0.6) is 0 Å². The molecule has 1 aromatic rings. The number of carbonyl (C=O) groups excluding carboxylic acids is 3. The Bertz CT molecular complexity index is 916. The van der Waals surface area contributed by atoms with E-state index < -0.39 is 17.9 Å². The maximum absolute atomic E-state index is 12.7. The number of piperazine rings is 1. The van der Waals surface area contributed by atoms with Gasteiger partial charge in [-0.05, 0) is 24.3 Å². The number of aliphatic imine (C=N–C) groups is 1. The Hall–Kier alpha value is -2.93. The van der Waals surface area contributed by atoms with E-state index in [-0.39, 0.29) is 12.5 Å². The van der Waals surface area contributed by atoms with Gasteiger partial charge in [-0.2, -0.15) is 4.99 Å². The first-order valence-corrected chi connectivity index (χ1v) is 9.48. The minimum absolute atomic E-state index is 0.249. The van der Waals surface area contributed by atoms with Gasteiger partial charge < -0.3 is 9.80 Å². The van der Waals surface area contributed by atoms with Crippen LogP contribution < -0.4 is 4.90 Å². The van der Waals surface area contributed by atoms with Crippen molar-refractivity contribution in [2.24, 2.45) is 10.9 Å². The first kappa shape index (κ1) is 18.4. The summed E-state index contributed by atoms with van der Waals surface area (Å²) >= 11 is 6.05. The van der Waals surface area contributed by atoms with E-state index in [1.165, 1.54) is 0 Å². The summed E-state index contributed by atoms with van der Waals surface area (Å²) in [7, 11) is 0. The lowest BCUT2D eigenvalue weighted by Crippen LogP contribution is -2.54. The van der Waals surface area contributed by atoms with Crippen LogP contribution in [0.4, 0.5) is 10.5 Å². The second kappa shape index (κ2) is 7.59. The van der Waals surface area contributed by atoms with Crippen molar-refractivity contribution in [1.29, 1.82) is 0 Å². The number of urea groups is 1. The number of imide groups is 1. The van der Waals surface area contributed by atoms with Gasteiger partial charge in [0.15, 0.2) is 0 Å². The summed E-state index contributed by atoms with van der Waals surface area (Å²) in [5.74, 6) is -1.24. The second-order valence-electron chi connectivity index (χ2n) is 6.81. The fourth-order valence-electron chi connectivity index (χ4n) is 3.55. The average molecular weight is 399 g/mol. The summed E-state index contributed by atoms with van der Waals surface area (Å²) in [6.07, 6.45) is 6.81. The first-order chi connectivity index (χ1) is 13.5. The molecule has 0 spiro atoms. The molecular formula is C20H19ClN4O3. The number of amides is 4. The van der Waals surface area contributed by atoms with Gasteiger partial charge >= 0.3 is 6.03 Å². The zero-order valence-electron chi connectivity index (χ0n) is 15.1. The molecule has 0 radical (unpaired) electrons. The zero-order valence-corrected chi connectivity index (χ0v) is 15.9. The topological polar surface area (TPSA) is 73.3 Å². The zero-order chi connectivity index (χ0) is 19.7. The number of anilines is 1. The van der Waals surface area contributed by atoms with Crippen LogP contribution >= 0.6 is 11.6 Å². The Labute approximate surface area is 167 Å². The van der Waals surface area contributed by atoms with E-state index in [9.17, 15) is 14.4 Å². The lowest BCUT2D eigenvalue weighted by molar-refractivity contribution is -0.138. The predicted octanol–water partition coefficient (Wildman–Crippen LogP) is 2.13. The van der Waals surface area contributed by atoms with Crippen molar-refractivity contribution in [2.45, 2.75) is 0 Å². The van der Waals surface area contributed by atoms with Crippen LogP contribution in [-0.4, -0.2) is 66.1 Å². The van der Waals surface area contributed by atoms with Gasteiger partial charge in [0.1, 0.15) is 6.54 Å². The smallest absolute Gasteiger partial charge is 0.351 e. The molecule has 0 bridgehead atoms. The Balaban J connectivity index is 1.38. The van der Waals surface area contributed by atoms with E-state index in [4.69, 9.17) is 11.6 Å². The van der Waals surface area contributed by atoms with E-state index in [1.54, 1.807) is 29.2 Å². The third-order valence-corrected chi connectivity index (χ3v) is 5.32. The van der Waals surface area contributed by atoms with Crippen LogP contribution in [0.15, 0.2) is 53.6 Å². The number of carbonyl (C=O) groups is 3. The maximum Gasteiger partial charge on any atom is 0.351 e. The van der Waals surface area contributed by atoms with Gasteiger partial charge in [0.25, 0.3) is 0 Å². The van der Waals surface area contributed by atoms with E-state index in [1.807, 2.05) is 24.3 Å². The van der Waals surface area contributed by atoms with E-state index >= 15 is 0 Å². The van der Waals surface area contributed by atoms with Crippen LogP contribution in [-0.2, 0) is 9.59 Å². The van der Waals surface area contributed by atoms with Crippen molar-refractivity contribution in [3.05, 3.63) is 53.6 Å². The van der Waals surface area contributed by atoms with Gasteiger partial charge in [0.2, 0.25) is 11.8 Å². The molecule has 2 heterocycles. The highest BCUT2D eigenvalue weighted by atomic mass is 35.5. The van der Waals surface area contributed by atoms with Gasteiger partial charge in [-0.3, -0.25) is 14.5 Å². The normalized spacial score (nSPS) is 21.7. The Morgan fingerprint density at radius 3 is 2.68 bits per heavy atom. The van der Waals surface area contributed by atoms with Crippen LogP contribution in [0.1, 0.15) is 0 Å². The number of hydrogen-bond donors (Lipinski definition) is 0. The number of allylic oxidation sites excluding steroid dienone is 3.